The van der Waals surface area contributed by atoms with Crippen LogP contribution in [0, 0.1) is 12.7 Å². The number of fused-ring (bicyclic) bond motifs is 5. The number of hydrogen-bond donors (Lipinski definition) is 5. The molecule has 0 spiro atoms. The maximum absolute atomic E-state index is 15.3. The molecule has 4 heterocycles. The first kappa shape index (κ1) is 44.9. The fourth-order valence-corrected chi connectivity index (χ4v) is 9.00. The summed E-state index contributed by atoms with van der Waals surface area (Å²) in [4.78, 5) is 95.0. The van der Waals surface area contributed by atoms with Crippen molar-refractivity contribution in [2.75, 3.05) is 13.1 Å². The molecule has 332 valence electrons. The normalized spacial score (nSPS) is 17.5. The van der Waals surface area contributed by atoms with Crippen molar-refractivity contribution >= 4 is 46.2 Å². The third-order valence-corrected chi connectivity index (χ3v) is 12.6. The number of aromatic nitrogens is 2. The van der Waals surface area contributed by atoms with Crippen LogP contribution in [0.4, 0.5) is 4.39 Å². The smallest absolute Gasteiger partial charge is 0.343 e. The number of hydrogen-bond acceptors (Lipinski definition) is 11. The molecule has 15 nitrogen and oxygen atoms in total. The van der Waals surface area contributed by atoms with Gasteiger partial charge in [0.25, 0.3) is 5.56 Å². The van der Waals surface area contributed by atoms with Crippen LogP contribution in [0.15, 0.2) is 47.3 Å². The second-order valence-electron chi connectivity index (χ2n) is 16.7. The minimum Gasteiger partial charge on any atom is -0.458 e. The Balaban J connectivity index is 0.943. The van der Waals surface area contributed by atoms with Crippen LogP contribution in [-0.4, -0.2) is 69.0 Å². The Kier molecular flexibility index (Phi) is 13.6. The number of Topliss-reactive ketones (excluding diaryl/α,β-unsaturated/α-hetero) is 2. The number of nitrogens with two attached hydrogens (primary N) is 1. The number of unbranched alkanes of at least 4 members (excludes halogenated alkanes) is 2. The van der Waals surface area contributed by atoms with Crippen molar-refractivity contribution in [3.05, 3.63) is 97.6 Å². The summed E-state index contributed by atoms with van der Waals surface area (Å²) in [6, 6.07) is 10.9. The standard InChI is InChI=1S/C47H53FN6O9/c1-3-47(62)32-21-37-44-30(24-54(37)45(60)31(32)25-63-46(47)61)43-34(15-14-29-26(2)33(48)22-36(53-44)42(29)43)51-40(58)12-8-5-9-19-50-39(57)18-16-38(56)35(20-27-10-6-4-7-11-27)52-41(59)17-13-28(55)23-49/h4,6-7,10-11,21-22,34-35,62H,3,5,8-9,12-20,23-25,49H2,1-2H3,(H,50,57)(H,51,58)(H,52,59)/t34-,35-,47-/m0/s1. The zero-order chi connectivity index (χ0) is 45.0. The van der Waals surface area contributed by atoms with Gasteiger partial charge < -0.3 is 36.1 Å². The number of benzene rings is 2. The number of carbonyl (C=O) groups is 6. The maximum atomic E-state index is 15.3. The van der Waals surface area contributed by atoms with E-state index in [9.17, 15) is 38.7 Å². The van der Waals surface area contributed by atoms with Crippen LogP contribution >= 0.6 is 0 Å². The number of aryl methyl sites for hydroxylation is 1. The molecule has 0 radical (unpaired) electrons. The fraction of sp³-hybridized carbons (Fsp3) is 0.447. The van der Waals surface area contributed by atoms with Gasteiger partial charge in [0, 0.05) is 61.2 Å². The SMILES string of the molecule is CC[C@@]1(O)C(=O)OCc2c1cc1n(c2=O)Cc2c-1nc1cc(F)c(C)c3c1c2[C@@H](NC(=O)CCCCCNC(=O)CCC(=O)[C@H](Cc1ccccc1)NC(=O)CCC(=O)CN)CC3. The van der Waals surface area contributed by atoms with Crippen molar-refractivity contribution in [2.45, 2.75) is 122 Å². The summed E-state index contributed by atoms with van der Waals surface area (Å²) < 4.78 is 22.1. The van der Waals surface area contributed by atoms with Crippen molar-refractivity contribution in [1.82, 2.24) is 25.5 Å². The number of carbonyl (C=O) groups excluding carboxylic acids is 6. The van der Waals surface area contributed by atoms with Crippen LogP contribution in [-0.2, 0) is 65.1 Å². The number of amides is 3. The van der Waals surface area contributed by atoms with Gasteiger partial charge in [-0.1, -0.05) is 43.7 Å². The van der Waals surface area contributed by atoms with Crippen molar-refractivity contribution in [2.24, 2.45) is 5.73 Å². The van der Waals surface area contributed by atoms with E-state index in [1.807, 2.05) is 30.3 Å². The highest BCUT2D eigenvalue weighted by molar-refractivity contribution is 5.95. The number of ketones is 2. The highest BCUT2D eigenvalue weighted by atomic mass is 19.1. The molecule has 16 heteroatoms. The Morgan fingerprint density at radius 3 is 2.48 bits per heavy atom. The van der Waals surface area contributed by atoms with Gasteiger partial charge in [0.1, 0.15) is 18.2 Å². The molecule has 0 bridgehead atoms. The molecule has 1 aliphatic carbocycles. The minimum absolute atomic E-state index is 0.00731. The quantitative estimate of drug-likeness (QED) is 0.0594. The molecule has 2 aromatic heterocycles. The molecule has 6 N–H and O–H groups in total. The second kappa shape index (κ2) is 19.1. The number of nitrogens with zero attached hydrogens (tertiary/aromatic N) is 2. The predicted molar refractivity (Wildman–Crippen MR) is 230 cm³/mol. The van der Waals surface area contributed by atoms with Gasteiger partial charge in [-0.05, 0) is 73.8 Å². The van der Waals surface area contributed by atoms with Gasteiger partial charge in [0.05, 0.1) is 47.6 Å². The zero-order valence-electron chi connectivity index (χ0n) is 35.6. The van der Waals surface area contributed by atoms with Crippen molar-refractivity contribution in [3.8, 4) is 11.4 Å². The number of nitrogens with one attached hydrogen (secondary N) is 3. The van der Waals surface area contributed by atoms with Crippen LogP contribution in [0.5, 0.6) is 0 Å². The molecular weight excluding hydrogens is 812 g/mol. The predicted octanol–water partition coefficient (Wildman–Crippen LogP) is 3.69. The lowest BCUT2D eigenvalue weighted by Crippen LogP contribution is -2.44. The first-order valence-electron chi connectivity index (χ1n) is 21.7. The number of cyclic esters (lactones) is 1. The summed E-state index contributed by atoms with van der Waals surface area (Å²) >= 11 is 0. The molecule has 0 saturated heterocycles. The van der Waals surface area contributed by atoms with Crippen LogP contribution in [0.3, 0.4) is 0 Å². The molecule has 3 aliphatic rings. The second-order valence-corrected chi connectivity index (χ2v) is 16.7. The van der Waals surface area contributed by atoms with E-state index >= 15 is 4.39 Å². The molecule has 4 aromatic rings. The average molecular weight is 865 g/mol. The topological polar surface area (TPSA) is 229 Å². The van der Waals surface area contributed by atoms with Crippen LogP contribution in [0.2, 0.25) is 0 Å². The van der Waals surface area contributed by atoms with Gasteiger partial charge in [-0.2, -0.15) is 0 Å². The summed E-state index contributed by atoms with van der Waals surface area (Å²) in [7, 11) is 0. The van der Waals surface area contributed by atoms with E-state index in [0.717, 1.165) is 27.6 Å². The Morgan fingerprint density at radius 2 is 1.73 bits per heavy atom. The third-order valence-electron chi connectivity index (χ3n) is 12.6. The van der Waals surface area contributed by atoms with E-state index in [4.69, 9.17) is 15.5 Å². The average Bonchev–Trinajstić information content (AvgIpc) is 3.65. The summed E-state index contributed by atoms with van der Waals surface area (Å²) in [5.74, 6) is -2.72. The molecule has 0 fully saturated rings. The molecule has 0 unspecified atom stereocenters. The summed E-state index contributed by atoms with van der Waals surface area (Å²) in [5.41, 5.74) is 8.17. The Labute approximate surface area is 363 Å². The molecule has 7 rings (SSSR count). The zero-order valence-corrected chi connectivity index (χ0v) is 35.6. The van der Waals surface area contributed by atoms with E-state index in [0.29, 0.717) is 61.1 Å². The van der Waals surface area contributed by atoms with Crippen molar-refractivity contribution < 1.29 is 43.0 Å². The molecule has 3 amide bonds. The Hall–Kier alpha value is -6.13. The number of pyridine rings is 2. The van der Waals surface area contributed by atoms with Crippen LogP contribution < -0.4 is 27.2 Å². The number of halogens is 1. The van der Waals surface area contributed by atoms with Gasteiger partial charge in [0.15, 0.2) is 11.4 Å². The first-order valence-corrected chi connectivity index (χ1v) is 21.7. The van der Waals surface area contributed by atoms with Gasteiger partial charge in [0.2, 0.25) is 17.7 Å². The molecule has 0 saturated carbocycles. The monoisotopic (exact) mass is 864 g/mol. The lowest BCUT2D eigenvalue weighted by Gasteiger charge is -2.31. The van der Waals surface area contributed by atoms with Gasteiger partial charge >= 0.3 is 5.97 Å². The van der Waals surface area contributed by atoms with Crippen molar-refractivity contribution in [3.63, 3.8) is 0 Å². The van der Waals surface area contributed by atoms with E-state index in [1.165, 1.54) is 10.6 Å². The van der Waals surface area contributed by atoms with Gasteiger partial charge in [-0.25, -0.2) is 14.2 Å². The Bertz CT molecular complexity index is 2560. The first-order chi connectivity index (χ1) is 30.2. The maximum Gasteiger partial charge on any atom is 0.343 e. The number of esters is 1. The number of ether oxygens (including phenoxy) is 1. The van der Waals surface area contributed by atoms with E-state index in [2.05, 4.69) is 16.0 Å². The van der Waals surface area contributed by atoms with Gasteiger partial charge in [-0.3, -0.25) is 28.8 Å². The molecule has 2 aromatic carbocycles. The van der Waals surface area contributed by atoms with E-state index in [-0.39, 0.29) is 99.1 Å². The third kappa shape index (κ3) is 9.32. The lowest BCUT2D eigenvalue weighted by molar-refractivity contribution is -0.172. The molecule has 2 aliphatic heterocycles. The fourth-order valence-electron chi connectivity index (χ4n) is 9.00. The molecular formula is C47H53FN6O9. The Morgan fingerprint density at radius 1 is 0.968 bits per heavy atom. The summed E-state index contributed by atoms with van der Waals surface area (Å²) in [6.45, 7) is 3.41. The minimum atomic E-state index is -2.00. The van der Waals surface area contributed by atoms with Crippen LogP contribution in [0.25, 0.3) is 22.3 Å². The number of aliphatic hydroxyl groups is 1. The highest BCUT2D eigenvalue weighted by Crippen LogP contribution is 2.46. The number of rotatable bonds is 19. The van der Waals surface area contributed by atoms with Crippen LogP contribution in [0.1, 0.15) is 116 Å². The van der Waals surface area contributed by atoms with Crippen molar-refractivity contribution in [1.29, 1.82) is 0 Å². The summed E-state index contributed by atoms with van der Waals surface area (Å²) in [5, 5.41) is 20.8. The summed E-state index contributed by atoms with van der Waals surface area (Å²) in [6.07, 6.45) is 3.00. The molecule has 3 atom stereocenters. The van der Waals surface area contributed by atoms with Gasteiger partial charge in [-0.15, -0.1) is 0 Å². The van der Waals surface area contributed by atoms with E-state index < -0.39 is 40.9 Å². The highest BCUT2D eigenvalue weighted by Gasteiger charge is 2.46. The largest absolute Gasteiger partial charge is 0.458 e. The molecule has 63 heavy (non-hydrogen) atoms. The lowest BCUT2D eigenvalue weighted by atomic mass is 9.81. The van der Waals surface area contributed by atoms with E-state index in [1.54, 1.807) is 19.9 Å².